The fourth-order valence-corrected chi connectivity index (χ4v) is 2.26. The third-order valence-corrected chi connectivity index (χ3v) is 3.69. The van der Waals surface area contributed by atoms with E-state index in [1.807, 2.05) is 36.4 Å². The molecule has 0 aliphatic rings. The van der Waals surface area contributed by atoms with Crippen LogP contribution in [0.1, 0.15) is 38.0 Å². The zero-order valence-electron chi connectivity index (χ0n) is 12.8. The normalized spacial score (nSPS) is 13.0. The highest BCUT2D eigenvalue weighted by atomic mass is 35.5. The average Bonchev–Trinajstić information content (AvgIpc) is 2.45. The monoisotopic (exact) mass is 303 g/mol. The Morgan fingerprint density at radius 2 is 1.76 bits per heavy atom. The summed E-state index contributed by atoms with van der Waals surface area (Å²) in [6, 6.07) is 15.8. The molecule has 0 saturated carbocycles. The summed E-state index contributed by atoms with van der Waals surface area (Å²) in [4.78, 5) is 0. The Labute approximate surface area is 131 Å². The lowest BCUT2D eigenvalue weighted by Crippen LogP contribution is -2.19. The molecular weight excluding hydrogens is 282 g/mol. The third kappa shape index (κ3) is 4.23. The Balaban J connectivity index is 2.21. The van der Waals surface area contributed by atoms with Gasteiger partial charge in [0.2, 0.25) is 0 Å². The summed E-state index contributed by atoms with van der Waals surface area (Å²) in [7, 11) is 0. The lowest BCUT2D eigenvalue weighted by molar-refractivity contribution is 0.214. The van der Waals surface area contributed by atoms with Crippen molar-refractivity contribution in [2.24, 2.45) is 5.73 Å². The molecule has 2 aromatic rings. The van der Waals surface area contributed by atoms with E-state index >= 15 is 0 Å². The number of nitrogens with two attached hydrogens (primary N) is 1. The quantitative estimate of drug-likeness (QED) is 0.887. The van der Waals surface area contributed by atoms with Crippen LogP contribution >= 0.6 is 11.6 Å². The molecule has 0 heterocycles. The van der Waals surface area contributed by atoms with Gasteiger partial charge in [-0.15, -0.1) is 0 Å². The Morgan fingerprint density at radius 1 is 1.10 bits per heavy atom. The maximum atomic E-state index is 6.06. The van der Waals surface area contributed by atoms with Gasteiger partial charge < -0.3 is 10.5 Å². The highest BCUT2D eigenvalue weighted by molar-refractivity contribution is 6.30. The van der Waals surface area contributed by atoms with Crippen molar-refractivity contribution in [1.82, 2.24) is 0 Å². The summed E-state index contributed by atoms with van der Waals surface area (Å²) >= 11 is 5.92. The van der Waals surface area contributed by atoms with Gasteiger partial charge >= 0.3 is 0 Å². The SMILES string of the molecule is CC(C)(C)c1cccc(OC(CN)c2ccc(Cl)cc2)c1. The van der Waals surface area contributed by atoms with Crippen LogP contribution in [-0.4, -0.2) is 6.54 Å². The van der Waals surface area contributed by atoms with Crippen molar-refractivity contribution in [3.8, 4) is 5.75 Å². The second-order valence-electron chi connectivity index (χ2n) is 6.17. The lowest BCUT2D eigenvalue weighted by Gasteiger charge is -2.22. The maximum Gasteiger partial charge on any atom is 0.136 e. The molecular formula is C18H22ClNO. The van der Waals surface area contributed by atoms with Crippen LogP contribution in [0.25, 0.3) is 0 Å². The molecule has 0 spiro atoms. The zero-order valence-corrected chi connectivity index (χ0v) is 13.5. The van der Waals surface area contributed by atoms with Crippen molar-refractivity contribution in [2.45, 2.75) is 32.3 Å². The first-order chi connectivity index (χ1) is 9.90. The van der Waals surface area contributed by atoms with Crippen molar-refractivity contribution >= 4 is 11.6 Å². The Bertz CT molecular complexity index is 587. The van der Waals surface area contributed by atoms with E-state index < -0.39 is 0 Å². The first-order valence-electron chi connectivity index (χ1n) is 7.13. The highest BCUT2D eigenvalue weighted by Crippen LogP contribution is 2.28. The van der Waals surface area contributed by atoms with Crippen molar-refractivity contribution in [2.75, 3.05) is 6.54 Å². The van der Waals surface area contributed by atoms with Gasteiger partial charge in [-0.3, -0.25) is 0 Å². The molecule has 2 N–H and O–H groups in total. The summed E-state index contributed by atoms with van der Waals surface area (Å²) in [5.74, 6) is 0.841. The van der Waals surface area contributed by atoms with E-state index in [2.05, 4.69) is 32.9 Å². The zero-order chi connectivity index (χ0) is 15.5. The van der Waals surface area contributed by atoms with Gasteiger partial charge in [-0.05, 0) is 40.8 Å². The number of hydrogen-bond donors (Lipinski definition) is 1. The third-order valence-electron chi connectivity index (χ3n) is 3.43. The van der Waals surface area contributed by atoms with Gasteiger partial charge in [0, 0.05) is 11.6 Å². The molecule has 0 aliphatic carbocycles. The minimum atomic E-state index is -0.169. The van der Waals surface area contributed by atoms with Gasteiger partial charge in [-0.2, -0.15) is 0 Å². The smallest absolute Gasteiger partial charge is 0.136 e. The maximum absolute atomic E-state index is 6.06. The first kappa shape index (κ1) is 15.9. The van der Waals surface area contributed by atoms with Crippen molar-refractivity contribution < 1.29 is 4.74 Å². The molecule has 0 bridgehead atoms. The number of halogens is 1. The molecule has 21 heavy (non-hydrogen) atoms. The van der Waals surface area contributed by atoms with E-state index in [1.54, 1.807) is 0 Å². The molecule has 2 nitrogen and oxygen atoms in total. The average molecular weight is 304 g/mol. The molecule has 0 fully saturated rings. The number of rotatable bonds is 4. The molecule has 2 rings (SSSR count). The standard InChI is InChI=1S/C18H22ClNO/c1-18(2,3)14-5-4-6-16(11-14)21-17(12-20)13-7-9-15(19)10-8-13/h4-11,17H,12,20H2,1-3H3. The van der Waals surface area contributed by atoms with Crippen LogP contribution in [0.3, 0.4) is 0 Å². The van der Waals surface area contributed by atoms with E-state index in [4.69, 9.17) is 22.1 Å². The van der Waals surface area contributed by atoms with Gasteiger partial charge in [0.15, 0.2) is 0 Å². The summed E-state index contributed by atoms with van der Waals surface area (Å²) in [6.45, 7) is 6.98. The molecule has 112 valence electrons. The molecule has 2 aromatic carbocycles. The van der Waals surface area contributed by atoms with Crippen molar-refractivity contribution in [1.29, 1.82) is 0 Å². The van der Waals surface area contributed by atoms with Gasteiger partial charge in [-0.1, -0.05) is 56.6 Å². The van der Waals surface area contributed by atoms with Gasteiger partial charge in [-0.25, -0.2) is 0 Å². The summed E-state index contributed by atoms with van der Waals surface area (Å²) < 4.78 is 6.06. The van der Waals surface area contributed by atoms with Crippen LogP contribution in [-0.2, 0) is 5.41 Å². The topological polar surface area (TPSA) is 35.2 Å². The number of ether oxygens (including phenoxy) is 1. The molecule has 0 saturated heterocycles. The molecule has 1 atom stereocenters. The van der Waals surface area contributed by atoms with Crippen molar-refractivity contribution in [3.05, 3.63) is 64.7 Å². The van der Waals surface area contributed by atoms with E-state index in [-0.39, 0.29) is 11.5 Å². The summed E-state index contributed by atoms with van der Waals surface area (Å²) in [5.41, 5.74) is 8.22. The summed E-state index contributed by atoms with van der Waals surface area (Å²) in [6.07, 6.45) is -0.169. The van der Waals surface area contributed by atoms with E-state index in [1.165, 1.54) is 5.56 Å². The largest absolute Gasteiger partial charge is 0.484 e. The van der Waals surface area contributed by atoms with Gasteiger partial charge in [0.25, 0.3) is 0 Å². The van der Waals surface area contributed by atoms with Crippen LogP contribution in [0.4, 0.5) is 0 Å². The van der Waals surface area contributed by atoms with E-state index in [0.717, 1.165) is 11.3 Å². The Morgan fingerprint density at radius 3 is 2.33 bits per heavy atom. The molecule has 0 aliphatic heterocycles. The van der Waals surface area contributed by atoms with Crippen LogP contribution < -0.4 is 10.5 Å². The van der Waals surface area contributed by atoms with Crippen LogP contribution in [0.2, 0.25) is 5.02 Å². The van der Waals surface area contributed by atoms with Gasteiger partial charge in [0.1, 0.15) is 11.9 Å². The predicted octanol–water partition coefficient (Wildman–Crippen LogP) is 4.72. The first-order valence-corrected chi connectivity index (χ1v) is 7.50. The fourth-order valence-electron chi connectivity index (χ4n) is 2.13. The highest BCUT2D eigenvalue weighted by Gasteiger charge is 2.16. The molecule has 0 radical (unpaired) electrons. The molecule has 0 amide bonds. The molecule has 3 heteroatoms. The van der Waals surface area contributed by atoms with Crippen LogP contribution in [0.5, 0.6) is 5.75 Å². The number of benzene rings is 2. The Kier molecular flexibility index (Phi) is 4.92. The fraction of sp³-hybridized carbons (Fsp3) is 0.333. The second kappa shape index (κ2) is 6.50. The molecule has 1 unspecified atom stereocenters. The Hall–Kier alpha value is -1.51. The predicted molar refractivity (Wildman–Crippen MR) is 89.0 cm³/mol. The molecule has 0 aromatic heterocycles. The van der Waals surface area contributed by atoms with E-state index in [0.29, 0.717) is 11.6 Å². The minimum Gasteiger partial charge on any atom is -0.484 e. The summed E-state index contributed by atoms with van der Waals surface area (Å²) in [5, 5.41) is 0.712. The van der Waals surface area contributed by atoms with Crippen molar-refractivity contribution in [3.63, 3.8) is 0 Å². The van der Waals surface area contributed by atoms with Gasteiger partial charge in [0.05, 0.1) is 0 Å². The minimum absolute atomic E-state index is 0.0951. The lowest BCUT2D eigenvalue weighted by atomic mass is 9.87. The van der Waals surface area contributed by atoms with Crippen LogP contribution in [0, 0.1) is 0 Å². The van der Waals surface area contributed by atoms with E-state index in [9.17, 15) is 0 Å². The van der Waals surface area contributed by atoms with Crippen LogP contribution in [0.15, 0.2) is 48.5 Å². The second-order valence-corrected chi connectivity index (χ2v) is 6.61. The number of hydrogen-bond acceptors (Lipinski definition) is 2.